The Morgan fingerprint density at radius 1 is 1.25 bits per heavy atom. The molecule has 8 heavy (non-hydrogen) atoms. The van der Waals surface area contributed by atoms with Gasteiger partial charge in [0.1, 0.15) is 0 Å². The summed E-state index contributed by atoms with van der Waals surface area (Å²) in [6.45, 7) is 5.25. The Morgan fingerprint density at radius 2 is 1.50 bits per heavy atom. The minimum atomic E-state index is 0. The average Bonchev–Trinajstić information content (AvgIpc) is 1.65. The van der Waals surface area contributed by atoms with Gasteiger partial charge in [0.05, 0.1) is 0 Å². The normalized spacial score (nSPS) is 7.50. The van der Waals surface area contributed by atoms with Gasteiger partial charge < -0.3 is 10.7 Å². The summed E-state index contributed by atoms with van der Waals surface area (Å²) < 4.78 is 0. The van der Waals surface area contributed by atoms with E-state index in [9.17, 15) is 0 Å². The molecular weight excluding hydrogens is 117 g/mol. The largest absolute Gasteiger partial charge is 1.00 e. The third-order valence-electron chi connectivity index (χ3n) is 0.730. The van der Waals surface area contributed by atoms with Gasteiger partial charge in [-0.3, -0.25) is 0 Å². The SMILES string of the molecule is CCN(O)CC.[Na+].[OH-]. The Hall–Kier alpha value is 0.880. The summed E-state index contributed by atoms with van der Waals surface area (Å²) >= 11 is 0. The van der Waals surface area contributed by atoms with Crippen molar-refractivity contribution in [3.8, 4) is 0 Å². The molecule has 0 atom stereocenters. The predicted molar refractivity (Wildman–Crippen MR) is 26.6 cm³/mol. The van der Waals surface area contributed by atoms with Crippen LogP contribution in [0.1, 0.15) is 13.8 Å². The zero-order valence-electron chi connectivity index (χ0n) is 5.76. The van der Waals surface area contributed by atoms with Crippen molar-refractivity contribution in [1.82, 2.24) is 5.06 Å². The van der Waals surface area contributed by atoms with E-state index in [1.165, 1.54) is 5.06 Å². The van der Waals surface area contributed by atoms with Gasteiger partial charge in [-0.1, -0.05) is 13.8 Å². The number of nitrogens with zero attached hydrogens (tertiary/aromatic N) is 1. The minimum Gasteiger partial charge on any atom is -0.870 e. The molecule has 0 aromatic rings. The summed E-state index contributed by atoms with van der Waals surface area (Å²) in [4.78, 5) is 0. The first-order chi connectivity index (χ1) is 2.81. The fourth-order valence-electron chi connectivity index (χ4n) is 0.224. The van der Waals surface area contributed by atoms with Crippen molar-refractivity contribution < 1.29 is 40.2 Å². The standard InChI is InChI=1S/C4H11NO.Na.H2O/c1-3-5(6)4-2;;/h6H,3-4H2,1-2H3;;1H2/q;+1;/p-1. The third-order valence-corrected chi connectivity index (χ3v) is 0.730. The second kappa shape index (κ2) is 10.8. The maximum Gasteiger partial charge on any atom is 1.00 e. The second-order valence-electron chi connectivity index (χ2n) is 1.14. The van der Waals surface area contributed by atoms with Crippen LogP contribution in [0.2, 0.25) is 0 Å². The molecule has 4 heteroatoms. The van der Waals surface area contributed by atoms with Crippen LogP contribution in [0.25, 0.3) is 0 Å². The van der Waals surface area contributed by atoms with Crippen molar-refractivity contribution in [3.63, 3.8) is 0 Å². The van der Waals surface area contributed by atoms with E-state index in [0.29, 0.717) is 0 Å². The zero-order valence-corrected chi connectivity index (χ0v) is 7.76. The van der Waals surface area contributed by atoms with Gasteiger partial charge in [-0.25, -0.2) is 0 Å². The maximum atomic E-state index is 8.50. The fourth-order valence-corrected chi connectivity index (χ4v) is 0.224. The van der Waals surface area contributed by atoms with Crippen molar-refractivity contribution in [3.05, 3.63) is 0 Å². The molecule has 0 saturated carbocycles. The van der Waals surface area contributed by atoms with Crippen LogP contribution in [0.5, 0.6) is 0 Å². The van der Waals surface area contributed by atoms with Crippen LogP contribution in [-0.4, -0.2) is 28.8 Å². The fraction of sp³-hybridized carbons (Fsp3) is 1.00. The van der Waals surface area contributed by atoms with Gasteiger partial charge in [-0.2, -0.15) is 5.06 Å². The molecule has 2 N–H and O–H groups in total. The molecular formula is C4H12NNaO2. The monoisotopic (exact) mass is 129 g/mol. The molecule has 3 nitrogen and oxygen atoms in total. The molecule has 0 heterocycles. The van der Waals surface area contributed by atoms with Gasteiger partial charge in [0, 0.05) is 13.1 Å². The van der Waals surface area contributed by atoms with Gasteiger partial charge in [0.15, 0.2) is 0 Å². The molecule has 0 amide bonds. The third kappa shape index (κ3) is 9.99. The molecule has 0 aliphatic rings. The van der Waals surface area contributed by atoms with Crippen LogP contribution in [0.4, 0.5) is 0 Å². The molecule has 0 aromatic heterocycles. The number of hydroxylamine groups is 2. The molecule has 0 rings (SSSR count). The molecule has 0 unspecified atom stereocenters. The van der Waals surface area contributed by atoms with Crippen LogP contribution in [-0.2, 0) is 0 Å². The van der Waals surface area contributed by atoms with Crippen molar-refractivity contribution in [2.45, 2.75) is 13.8 Å². The molecule has 0 fully saturated rings. The smallest absolute Gasteiger partial charge is 0.870 e. The van der Waals surface area contributed by atoms with Crippen molar-refractivity contribution >= 4 is 0 Å². The van der Waals surface area contributed by atoms with Gasteiger partial charge in [-0.15, -0.1) is 0 Å². The second-order valence-corrected chi connectivity index (χ2v) is 1.14. The molecule has 0 aromatic carbocycles. The minimum absolute atomic E-state index is 0. The quantitative estimate of drug-likeness (QED) is 0.332. The van der Waals surface area contributed by atoms with E-state index in [4.69, 9.17) is 5.21 Å². The van der Waals surface area contributed by atoms with E-state index in [2.05, 4.69) is 0 Å². The van der Waals surface area contributed by atoms with E-state index in [0.717, 1.165) is 13.1 Å². The van der Waals surface area contributed by atoms with Crippen molar-refractivity contribution in [2.24, 2.45) is 0 Å². The summed E-state index contributed by atoms with van der Waals surface area (Å²) in [6.07, 6.45) is 0. The molecule has 0 spiro atoms. The number of rotatable bonds is 2. The van der Waals surface area contributed by atoms with Crippen molar-refractivity contribution in [2.75, 3.05) is 13.1 Å². The topological polar surface area (TPSA) is 53.5 Å². The van der Waals surface area contributed by atoms with E-state index in [1.807, 2.05) is 13.8 Å². The zero-order chi connectivity index (χ0) is 4.99. The number of hydrogen-bond acceptors (Lipinski definition) is 3. The summed E-state index contributed by atoms with van der Waals surface area (Å²) in [5.74, 6) is 0. The summed E-state index contributed by atoms with van der Waals surface area (Å²) in [5, 5.41) is 9.75. The summed E-state index contributed by atoms with van der Waals surface area (Å²) in [6, 6.07) is 0. The van der Waals surface area contributed by atoms with E-state index in [-0.39, 0.29) is 35.0 Å². The first kappa shape index (κ1) is 15.9. The van der Waals surface area contributed by atoms with Crippen LogP contribution in [0, 0.1) is 0 Å². The summed E-state index contributed by atoms with van der Waals surface area (Å²) in [5.41, 5.74) is 0. The Balaban J connectivity index is -0.000000125. The van der Waals surface area contributed by atoms with E-state index in [1.54, 1.807) is 0 Å². The van der Waals surface area contributed by atoms with E-state index < -0.39 is 0 Å². The van der Waals surface area contributed by atoms with Crippen LogP contribution in [0.15, 0.2) is 0 Å². The van der Waals surface area contributed by atoms with E-state index >= 15 is 0 Å². The van der Waals surface area contributed by atoms with Gasteiger partial charge >= 0.3 is 29.6 Å². The Morgan fingerprint density at radius 3 is 1.50 bits per heavy atom. The van der Waals surface area contributed by atoms with Gasteiger partial charge in [-0.05, 0) is 0 Å². The van der Waals surface area contributed by atoms with Gasteiger partial charge in [0.25, 0.3) is 0 Å². The first-order valence-corrected chi connectivity index (χ1v) is 2.25. The van der Waals surface area contributed by atoms with Crippen LogP contribution >= 0.6 is 0 Å². The molecule has 0 bridgehead atoms. The molecule has 0 radical (unpaired) electrons. The molecule has 0 saturated heterocycles. The van der Waals surface area contributed by atoms with Crippen LogP contribution < -0.4 is 29.6 Å². The maximum absolute atomic E-state index is 8.50. The number of hydrogen-bond donors (Lipinski definition) is 1. The molecule has 46 valence electrons. The Labute approximate surface area is 72.2 Å². The summed E-state index contributed by atoms with van der Waals surface area (Å²) in [7, 11) is 0. The average molecular weight is 129 g/mol. The van der Waals surface area contributed by atoms with Gasteiger partial charge in [0.2, 0.25) is 0 Å². The Bertz CT molecular complexity index is 33.2. The molecule has 0 aliphatic carbocycles. The van der Waals surface area contributed by atoms with Crippen LogP contribution in [0.3, 0.4) is 0 Å². The molecule has 0 aliphatic heterocycles. The first-order valence-electron chi connectivity index (χ1n) is 2.25. The Kier molecular flexibility index (Phi) is 21.5. The predicted octanol–water partition coefficient (Wildman–Crippen LogP) is -2.46. The van der Waals surface area contributed by atoms with Crippen molar-refractivity contribution in [1.29, 1.82) is 0 Å².